The van der Waals surface area contributed by atoms with Crippen LogP contribution in [0.1, 0.15) is 18.9 Å². The average molecular weight is 255 g/mol. The predicted octanol–water partition coefficient (Wildman–Crippen LogP) is 4.59. The van der Waals surface area contributed by atoms with Crippen molar-refractivity contribution in [2.75, 3.05) is 0 Å². The zero-order chi connectivity index (χ0) is 9.26. The van der Waals surface area contributed by atoms with Gasteiger partial charge < -0.3 is 0 Å². The summed E-state index contributed by atoms with van der Waals surface area (Å²) in [6, 6.07) is 6.82. The molecule has 0 spiro atoms. The number of fused-ring (bicyclic) bond motifs is 1. The van der Waals surface area contributed by atoms with E-state index in [1.165, 1.54) is 33.4 Å². The van der Waals surface area contributed by atoms with Gasteiger partial charge in [-0.25, -0.2) is 0 Å². The van der Waals surface area contributed by atoms with Crippen LogP contribution in [0.4, 0.5) is 0 Å². The van der Waals surface area contributed by atoms with Crippen molar-refractivity contribution >= 4 is 34.6 Å². The molecule has 0 radical (unpaired) electrons. The summed E-state index contributed by atoms with van der Waals surface area (Å²) >= 11 is 3.62. The van der Waals surface area contributed by atoms with Gasteiger partial charge in [0.2, 0.25) is 0 Å². The molecule has 2 heteroatoms. The van der Waals surface area contributed by atoms with Gasteiger partial charge in [-0.05, 0) is 46.5 Å². The van der Waals surface area contributed by atoms with Crippen LogP contribution < -0.4 is 0 Å². The van der Waals surface area contributed by atoms with Gasteiger partial charge in [-0.1, -0.05) is 29.3 Å². The first-order valence-electron chi connectivity index (χ1n) is 4.57. The fourth-order valence-corrected chi connectivity index (χ4v) is 3.51. The second-order valence-corrected chi connectivity index (χ2v) is 5.28. The smallest absolute Gasteiger partial charge is 0.0259 e. The van der Waals surface area contributed by atoms with Gasteiger partial charge >= 0.3 is 0 Å². The van der Waals surface area contributed by atoms with Crippen molar-refractivity contribution in [1.82, 2.24) is 0 Å². The van der Waals surface area contributed by atoms with E-state index >= 15 is 0 Å². The van der Waals surface area contributed by atoms with Crippen LogP contribution in [0.3, 0.4) is 0 Å². The third-order valence-corrected chi connectivity index (χ3v) is 3.93. The standard InChI is InChI=1S/C11H12BrP/c1-2-3-8-6-10(12)9-4-5-13-11(9)7-8/h4-7,13H,2-3H2,1H3. The monoisotopic (exact) mass is 254 g/mol. The highest BCUT2D eigenvalue weighted by Gasteiger charge is 2.01. The Balaban J connectivity index is 2.56. The van der Waals surface area contributed by atoms with Gasteiger partial charge in [0.15, 0.2) is 0 Å². The third-order valence-electron chi connectivity index (χ3n) is 2.22. The molecule has 1 aromatic heterocycles. The quantitative estimate of drug-likeness (QED) is 0.736. The van der Waals surface area contributed by atoms with Gasteiger partial charge in [0.25, 0.3) is 0 Å². The fourth-order valence-electron chi connectivity index (χ4n) is 1.61. The molecule has 2 aromatic rings. The maximum Gasteiger partial charge on any atom is 0.0259 e. The Morgan fingerprint density at radius 1 is 1.38 bits per heavy atom. The molecule has 1 heterocycles. The molecular formula is C11H12BrP. The minimum Gasteiger partial charge on any atom is -0.132 e. The van der Waals surface area contributed by atoms with Crippen molar-refractivity contribution < 1.29 is 0 Å². The molecule has 1 atom stereocenters. The lowest BCUT2D eigenvalue weighted by molar-refractivity contribution is 0.923. The average Bonchev–Trinajstić information content (AvgIpc) is 2.53. The summed E-state index contributed by atoms with van der Waals surface area (Å²) < 4.78 is 1.26. The Morgan fingerprint density at radius 2 is 2.23 bits per heavy atom. The lowest BCUT2D eigenvalue weighted by atomic mass is 10.1. The zero-order valence-corrected chi connectivity index (χ0v) is 10.2. The molecule has 0 fully saturated rings. The predicted molar refractivity (Wildman–Crippen MR) is 65.1 cm³/mol. The Hall–Kier alpha value is -0.260. The van der Waals surface area contributed by atoms with Gasteiger partial charge in [0, 0.05) is 4.47 Å². The highest BCUT2D eigenvalue weighted by Crippen LogP contribution is 2.32. The van der Waals surface area contributed by atoms with E-state index in [1.54, 1.807) is 0 Å². The molecule has 1 unspecified atom stereocenters. The highest BCUT2D eigenvalue weighted by atomic mass is 79.9. The SMILES string of the molecule is CCCc1cc(Br)c2cc[pH]c2c1. The van der Waals surface area contributed by atoms with E-state index in [0.29, 0.717) is 0 Å². The van der Waals surface area contributed by atoms with Crippen LogP contribution in [0.2, 0.25) is 0 Å². The minimum absolute atomic E-state index is 0.866. The first-order valence-corrected chi connectivity index (χ1v) is 6.44. The molecule has 0 saturated carbocycles. The number of hydrogen-bond acceptors (Lipinski definition) is 0. The van der Waals surface area contributed by atoms with Gasteiger partial charge in [0.1, 0.15) is 0 Å². The van der Waals surface area contributed by atoms with Gasteiger partial charge in [-0.15, -0.1) is 8.19 Å². The van der Waals surface area contributed by atoms with E-state index in [1.807, 2.05) is 0 Å². The topological polar surface area (TPSA) is 0 Å². The van der Waals surface area contributed by atoms with E-state index in [0.717, 1.165) is 8.19 Å². The van der Waals surface area contributed by atoms with Crippen molar-refractivity contribution in [1.29, 1.82) is 0 Å². The molecule has 1 aromatic carbocycles. The summed E-state index contributed by atoms with van der Waals surface area (Å²) in [6.07, 6.45) is 2.41. The molecule has 0 aliphatic carbocycles. The van der Waals surface area contributed by atoms with Crippen molar-refractivity contribution in [3.63, 3.8) is 0 Å². The van der Waals surface area contributed by atoms with Crippen LogP contribution in [0, 0.1) is 0 Å². The summed E-state index contributed by atoms with van der Waals surface area (Å²) in [4.78, 5) is 0. The van der Waals surface area contributed by atoms with E-state index in [9.17, 15) is 0 Å². The number of benzene rings is 1. The Morgan fingerprint density at radius 3 is 3.00 bits per heavy atom. The molecular weight excluding hydrogens is 243 g/mol. The molecule has 0 aliphatic rings. The van der Waals surface area contributed by atoms with Crippen LogP contribution in [-0.2, 0) is 6.42 Å². The van der Waals surface area contributed by atoms with Crippen LogP contribution in [0.25, 0.3) is 10.5 Å². The summed E-state index contributed by atoms with van der Waals surface area (Å²) in [7, 11) is 0.866. The highest BCUT2D eigenvalue weighted by molar-refractivity contribution is 9.10. The summed E-state index contributed by atoms with van der Waals surface area (Å²) in [5.74, 6) is 2.26. The Kier molecular flexibility index (Phi) is 2.76. The molecule has 13 heavy (non-hydrogen) atoms. The van der Waals surface area contributed by atoms with Gasteiger partial charge in [-0.3, -0.25) is 0 Å². The molecule has 0 saturated heterocycles. The third kappa shape index (κ3) is 1.82. The molecule has 2 rings (SSSR count). The van der Waals surface area contributed by atoms with Crippen molar-refractivity contribution in [3.8, 4) is 0 Å². The fraction of sp³-hybridized carbons (Fsp3) is 0.273. The number of rotatable bonds is 2. The van der Waals surface area contributed by atoms with Crippen molar-refractivity contribution in [2.45, 2.75) is 19.8 Å². The van der Waals surface area contributed by atoms with E-state index in [4.69, 9.17) is 0 Å². The second-order valence-electron chi connectivity index (χ2n) is 3.27. The van der Waals surface area contributed by atoms with Crippen LogP contribution >= 0.6 is 24.1 Å². The number of aryl methyl sites for hydroxylation is 1. The number of hydrogen-bond donors (Lipinski definition) is 0. The second kappa shape index (κ2) is 3.86. The maximum absolute atomic E-state index is 3.62. The zero-order valence-electron chi connectivity index (χ0n) is 7.60. The molecule has 0 aliphatic heterocycles. The summed E-state index contributed by atoms with van der Waals surface area (Å²) in [5.41, 5.74) is 1.46. The number of halogens is 1. The van der Waals surface area contributed by atoms with E-state index < -0.39 is 0 Å². The van der Waals surface area contributed by atoms with Crippen molar-refractivity contribution in [3.05, 3.63) is 34.0 Å². The van der Waals surface area contributed by atoms with Crippen LogP contribution in [0.15, 0.2) is 28.5 Å². The Labute approximate surface area is 88.6 Å². The lowest BCUT2D eigenvalue weighted by Gasteiger charge is -2.01. The lowest BCUT2D eigenvalue weighted by Crippen LogP contribution is -1.82. The largest absolute Gasteiger partial charge is 0.132 e. The summed E-state index contributed by atoms with van der Waals surface area (Å²) in [6.45, 7) is 2.22. The molecule has 68 valence electrons. The molecule has 0 amide bonds. The maximum atomic E-state index is 3.62. The van der Waals surface area contributed by atoms with Gasteiger partial charge in [-0.2, -0.15) is 0 Å². The molecule has 0 bridgehead atoms. The molecule has 0 nitrogen and oxygen atoms in total. The summed E-state index contributed by atoms with van der Waals surface area (Å²) in [5, 5.41) is 2.89. The minimum atomic E-state index is 0.866. The first-order chi connectivity index (χ1) is 6.31. The van der Waals surface area contributed by atoms with Crippen LogP contribution in [0.5, 0.6) is 0 Å². The van der Waals surface area contributed by atoms with E-state index in [2.05, 4.69) is 46.9 Å². The normalized spacial score (nSPS) is 11.5. The first kappa shape index (κ1) is 9.30. The Bertz CT molecular complexity index is 417. The van der Waals surface area contributed by atoms with E-state index in [-0.39, 0.29) is 0 Å². The van der Waals surface area contributed by atoms with Gasteiger partial charge in [0.05, 0.1) is 0 Å². The molecule has 0 N–H and O–H groups in total. The van der Waals surface area contributed by atoms with Crippen LogP contribution in [-0.4, -0.2) is 0 Å². The van der Waals surface area contributed by atoms with Crippen molar-refractivity contribution in [2.24, 2.45) is 0 Å².